The van der Waals surface area contributed by atoms with Gasteiger partial charge in [0.25, 0.3) is 0 Å². The van der Waals surface area contributed by atoms with E-state index in [1.54, 1.807) is 18.7 Å². The molecular formula is C17H19F2NS. The molecule has 0 aliphatic carbocycles. The first-order chi connectivity index (χ1) is 10.1. The van der Waals surface area contributed by atoms with Crippen molar-refractivity contribution in [3.05, 3.63) is 65.2 Å². The maximum Gasteiger partial charge on any atom is 0.128 e. The molecule has 0 radical (unpaired) electrons. The quantitative estimate of drug-likeness (QED) is 0.612. The number of nitrogens with one attached hydrogen (secondary N) is 1. The van der Waals surface area contributed by atoms with Crippen LogP contribution >= 0.6 is 11.8 Å². The van der Waals surface area contributed by atoms with E-state index >= 15 is 0 Å². The van der Waals surface area contributed by atoms with Gasteiger partial charge >= 0.3 is 0 Å². The van der Waals surface area contributed by atoms with Crippen molar-refractivity contribution in [1.29, 1.82) is 0 Å². The Bertz CT molecular complexity index is 587. The summed E-state index contributed by atoms with van der Waals surface area (Å²) in [7, 11) is 0. The molecule has 0 saturated carbocycles. The Kier molecular flexibility index (Phi) is 5.76. The Morgan fingerprint density at radius 1 is 1.10 bits per heavy atom. The van der Waals surface area contributed by atoms with Crippen LogP contribution in [0.25, 0.3) is 0 Å². The summed E-state index contributed by atoms with van der Waals surface area (Å²) in [4.78, 5) is 1.21. The van der Waals surface area contributed by atoms with Gasteiger partial charge in [-0.3, -0.25) is 0 Å². The normalized spacial score (nSPS) is 12.4. The third-order valence-corrected chi connectivity index (χ3v) is 4.32. The van der Waals surface area contributed by atoms with Crippen molar-refractivity contribution < 1.29 is 8.78 Å². The topological polar surface area (TPSA) is 12.0 Å². The summed E-state index contributed by atoms with van der Waals surface area (Å²) in [6, 6.07) is 12.4. The first-order valence-corrected chi connectivity index (χ1v) is 7.93. The van der Waals surface area contributed by atoms with Gasteiger partial charge in [-0.2, -0.15) is 0 Å². The standard InChI is InChI=1S/C17H19F2NS/c1-12-10-17(19)15(11-16(12)18)13(2)20-8-9-21-14-6-4-3-5-7-14/h3-7,10-11,13,20H,8-9H2,1-2H3. The smallest absolute Gasteiger partial charge is 0.128 e. The highest BCUT2D eigenvalue weighted by atomic mass is 32.2. The first-order valence-electron chi connectivity index (χ1n) is 6.94. The van der Waals surface area contributed by atoms with Crippen molar-refractivity contribution in [2.45, 2.75) is 24.8 Å². The molecule has 0 aliphatic heterocycles. The fourth-order valence-corrected chi connectivity index (χ4v) is 2.87. The number of hydrogen-bond donors (Lipinski definition) is 1. The van der Waals surface area contributed by atoms with Gasteiger partial charge in [0.1, 0.15) is 11.6 Å². The second-order valence-corrected chi connectivity index (χ2v) is 6.13. The van der Waals surface area contributed by atoms with E-state index in [1.165, 1.54) is 17.0 Å². The molecule has 0 heterocycles. The summed E-state index contributed by atoms with van der Waals surface area (Å²) in [6.07, 6.45) is 0. The molecule has 1 N–H and O–H groups in total. The Hall–Kier alpha value is -1.39. The Morgan fingerprint density at radius 2 is 1.81 bits per heavy atom. The zero-order chi connectivity index (χ0) is 15.2. The summed E-state index contributed by atoms with van der Waals surface area (Å²) in [5.74, 6) is 0.160. The molecule has 0 amide bonds. The maximum atomic E-state index is 13.8. The molecule has 0 saturated heterocycles. The van der Waals surface area contributed by atoms with Crippen LogP contribution in [0.2, 0.25) is 0 Å². The van der Waals surface area contributed by atoms with Crippen LogP contribution in [-0.4, -0.2) is 12.3 Å². The average molecular weight is 307 g/mol. The van der Waals surface area contributed by atoms with Crippen molar-refractivity contribution in [2.75, 3.05) is 12.3 Å². The molecule has 0 bridgehead atoms. The molecule has 2 rings (SSSR count). The predicted molar refractivity (Wildman–Crippen MR) is 84.7 cm³/mol. The highest BCUT2D eigenvalue weighted by Gasteiger charge is 2.13. The summed E-state index contributed by atoms with van der Waals surface area (Å²) in [5, 5.41) is 3.23. The Labute approximate surface area is 128 Å². The van der Waals surface area contributed by atoms with Crippen LogP contribution < -0.4 is 5.32 Å². The van der Waals surface area contributed by atoms with E-state index in [4.69, 9.17) is 0 Å². The van der Waals surface area contributed by atoms with E-state index in [2.05, 4.69) is 17.4 Å². The lowest BCUT2D eigenvalue weighted by Crippen LogP contribution is -2.22. The minimum atomic E-state index is -0.362. The number of aryl methyl sites for hydroxylation is 1. The number of halogens is 2. The molecule has 1 nitrogen and oxygen atoms in total. The van der Waals surface area contributed by atoms with Crippen LogP contribution in [0, 0.1) is 18.6 Å². The van der Waals surface area contributed by atoms with Crippen molar-refractivity contribution in [3.63, 3.8) is 0 Å². The number of benzene rings is 2. The third kappa shape index (κ3) is 4.55. The zero-order valence-electron chi connectivity index (χ0n) is 12.2. The molecular weight excluding hydrogens is 288 g/mol. The summed E-state index contributed by atoms with van der Waals surface area (Å²) in [6.45, 7) is 4.15. The fraction of sp³-hybridized carbons (Fsp3) is 0.294. The van der Waals surface area contributed by atoms with Crippen LogP contribution in [0.5, 0.6) is 0 Å². The summed E-state index contributed by atoms with van der Waals surface area (Å²) >= 11 is 1.74. The highest BCUT2D eigenvalue weighted by molar-refractivity contribution is 7.99. The van der Waals surface area contributed by atoms with Gasteiger partial charge in [-0.25, -0.2) is 8.78 Å². The van der Waals surface area contributed by atoms with Crippen molar-refractivity contribution in [1.82, 2.24) is 5.32 Å². The number of rotatable bonds is 6. The van der Waals surface area contributed by atoms with E-state index in [0.29, 0.717) is 11.1 Å². The molecule has 2 aromatic carbocycles. The van der Waals surface area contributed by atoms with Gasteiger partial charge < -0.3 is 5.32 Å². The van der Waals surface area contributed by atoms with Gasteiger partial charge in [0.05, 0.1) is 0 Å². The monoisotopic (exact) mass is 307 g/mol. The molecule has 112 valence electrons. The van der Waals surface area contributed by atoms with E-state index < -0.39 is 0 Å². The maximum absolute atomic E-state index is 13.8. The molecule has 0 fully saturated rings. The second kappa shape index (κ2) is 7.57. The minimum absolute atomic E-state index is 0.212. The first kappa shape index (κ1) is 16.0. The van der Waals surface area contributed by atoms with Crippen LogP contribution in [0.1, 0.15) is 24.1 Å². The number of hydrogen-bond acceptors (Lipinski definition) is 2. The summed E-state index contributed by atoms with van der Waals surface area (Å²) in [5.41, 5.74) is 0.714. The molecule has 21 heavy (non-hydrogen) atoms. The van der Waals surface area contributed by atoms with E-state index in [0.717, 1.165) is 12.3 Å². The Morgan fingerprint density at radius 3 is 2.52 bits per heavy atom. The van der Waals surface area contributed by atoms with Crippen LogP contribution in [0.15, 0.2) is 47.4 Å². The lowest BCUT2D eigenvalue weighted by atomic mass is 10.1. The van der Waals surface area contributed by atoms with Gasteiger partial charge in [0.15, 0.2) is 0 Å². The molecule has 0 spiro atoms. The lowest BCUT2D eigenvalue weighted by molar-refractivity contribution is 0.528. The van der Waals surface area contributed by atoms with Gasteiger partial charge in [-0.05, 0) is 43.7 Å². The fourth-order valence-electron chi connectivity index (χ4n) is 2.06. The van der Waals surface area contributed by atoms with Crippen molar-refractivity contribution in [3.8, 4) is 0 Å². The lowest BCUT2D eigenvalue weighted by Gasteiger charge is -2.15. The predicted octanol–water partition coefficient (Wildman–Crippen LogP) is 4.72. The minimum Gasteiger partial charge on any atom is -0.309 e. The van der Waals surface area contributed by atoms with Gasteiger partial charge in [0.2, 0.25) is 0 Å². The molecule has 2 aromatic rings. The van der Waals surface area contributed by atoms with E-state index in [1.807, 2.05) is 25.1 Å². The van der Waals surface area contributed by atoms with Gasteiger partial charge in [-0.15, -0.1) is 11.8 Å². The molecule has 0 aliphatic rings. The van der Waals surface area contributed by atoms with Crippen molar-refractivity contribution >= 4 is 11.8 Å². The Balaban J connectivity index is 1.85. The largest absolute Gasteiger partial charge is 0.309 e. The molecule has 1 atom stereocenters. The zero-order valence-corrected chi connectivity index (χ0v) is 13.0. The SMILES string of the molecule is Cc1cc(F)c(C(C)NCCSc2ccccc2)cc1F. The van der Waals surface area contributed by atoms with Gasteiger partial charge in [-0.1, -0.05) is 18.2 Å². The molecule has 4 heteroatoms. The second-order valence-electron chi connectivity index (χ2n) is 4.96. The molecule has 0 aromatic heterocycles. The third-order valence-electron chi connectivity index (χ3n) is 3.31. The average Bonchev–Trinajstić information content (AvgIpc) is 2.48. The van der Waals surface area contributed by atoms with Crippen molar-refractivity contribution in [2.24, 2.45) is 0 Å². The van der Waals surface area contributed by atoms with Gasteiger partial charge in [0, 0.05) is 28.8 Å². The molecule has 1 unspecified atom stereocenters. The van der Waals surface area contributed by atoms with Crippen LogP contribution in [0.3, 0.4) is 0 Å². The highest BCUT2D eigenvalue weighted by Crippen LogP contribution is 2.21. The van der Waals surface area contributed by atoms with E-state index in [9.17, 15) is 8.78 Å². The van der Waals surface area contributed by atoms with Crippen LogP contribution in [0.4, 0.5) is 8.78 Å². The summed E-state index contributed by atoms with van der Waals surface area (Å²) < 4.78 is 27.4. The van der Waals surface area contributed by atoms with Crippen LogP contribution in [-0.2, 0) is 0 Å². The van der Waals surface area contributed by atoms with E-state index in [-0.39, 0.29) is 17.7 Å². The number of thioether (sulfide) groups is 1.